The van der Waals surface area contributed by atoms with Crippen molar-refractivity contribution < 1.29 is 0 Å². The standard InChI is InChI=1S/C18H18/c1-14(2)18-6-4-5-17(13-18)12-11-16-9-7-15(3)8-10-16/h4-13H,1H2,2-3H3/b12-11+. The molecule has 0 aromatic heterocycles. The molecule has 0 spiro atoms. The van der Waals surface area contributed by atoms with E-state index in [-0.39, 0.29) is 0 Å². The van der Waals surface area contributed by atoms with Gasteiger partial charge in [-0.3, -0.25) is 0 Å². The number of hydrogen-bond acceptors (Lipinski definition) is 0. The van der Waals surface area contributed by atoms with Gasteiger partial charge in [0, 0.05) is 0 Å². The molecule has 0 heterocycles. The van der Waals surface area contributed by atoms with Crippen molar-refractivity contribution in [2.45, 2.75) is 13.8 Å². The van der Waals surface area contributed by atoms with Gasteiger partial charge in [0.1, 0.15) is 0 Å². The lowest BCUT2D eigenvalue weighted by Gasteiger charge is -2.01. The second kappa shape index (κ2) is 5.50. The molecule has 18 heavy (non-hydrogen) atoms. The molecule has 0 unspecified atom stereocenters. The van der Waals surface area contributed by atoms with E-state index in [1.54, 1.807) is 0 Å². The van der Waals surface area contributed by atoms with Crippen LogP contribution in [0.5, 0.6) is 0 Å². The van der Waals surface area contributed by atoms with E-state index in [2.05, 4.69) is 74.2 Å². The first-order valence-electron chi connectivity index (χ1n) is 6.16. The van der Waals surface area contributed by atoms with Gasteiger partial charge in [0.05, 0.1) is 0 Å². The van der Waals surface area contributed by atoms with Gasteiger partial charge in [0.2, 0.25) is 0 Å². The van der Waals surface area contributed by atoms with Gasteiger partial charge >= 0.3 is 0 Å². The van der Waals surface area contributed by atoms with Crippen molar-refractivity contribution in [3.05, 3.63) is 77.4 Å². The Labute approximate surface area is 109 Å². The van der Waals surface area contributed by atoms with Crippen molar-refractivity contribution in [1.82, 2.24) is 0 Å². The molecule has 2 aromatic carbocycles. The maximum atomic E-state index is 3.97. The lowest BCUT2D eigenvalue weighted by Crippen LogP contribution is -1.79. The van der Waals surface area contributed by atoms with Crippen LogP contribution in [0, 0.1) is 6.92 Å². The van der Waals surface area contributed by atoms with Crippen molar-refractivity contribution in [1.29, 1.82) is 0 Å². The zero-order chi connectivity index (χ0) is 13.0. The van der Waals surface area contributed by atoms with Gasteiger partial charge in [0.25, 0.3) is 0 Å². The van der Waals surface area contributed by atoms with E-state index in [4.69, 9.17) is 0 Å². The van der Waals surface area contributed by atoms with Gasteiger partial charge < -0.3 is 0 Å². The summed E-state index contributed by atoms with van der Waals surface area (Å²) in [7, 11) is 0. The van der Waals surface area contributed by atoms with E-state index in [9.17, 15) is 0 Å². The van der Waals surface area contributed by atoms with Crippen molar-refractivity contribution in [3.8, 4) is 0 Å². The van der Waals surface area contributed by atoms with Gasteiger partial charge in [0.15, 0.2) is 0 Å². The zero-order valence-electron chi connectivity index (χ0n) is 11.0. The molecule has 0 aliphatic heterocycles. The summed E-state index contributed by atoms with van der Waals surface area (Å²) in [6.45, 7) is 8.10. The van der Waals surface area contributed by atoms with E-state index >= 15 is 0 Å². The van der Waals surface area contributed by atoms with Crippen LogP contribution in [0.15, 0.2) is 55.1 Å². The second-order valence-electron chi connectivity index (χ2n) is 4.65. The molecule has 0 radical (unpaired) electrons. The Kier molecular flexibility index (Phi) is 3.78. The van der Waals surface area contributed by atoms with Crippen LogP contribution in [0.25, 0.3) is 17.7 Å². The maximum Gasteiger partial charge on any atom is -0.0227 e. The molecule has 0 nitrogen and oxygen atoms in total. The lowest BCUT2D eigenvalue weighted by atomic mass is 10.0. The summed E-state index contributed by atoms with van der Waals surface area (Å²) in [6, 6.07) is 16.9. The molecule has 0 heteroatoms. The Hall–Kier alpha value is -2.08. The Morgan fingerprint density at radius 3 is 2.28 bits per heavy atom. The van der Waals surface area contributed by atoms with Crippen LogP contribution in [0.4, 0.5) is 0 Å². The Bertz CT molecular complexity index is 571. The molecule has 90 valence electrons. The quantitative estimate of drug-likeness (QED) is 0.640. The summed E-state index contributed by atoms with van der Waals surface area (Å²) in [5.74, 6) is 0. The molecule has 0 aliphatic rings. The van der Waals surface area contributed by atoms with Crippen LogP contribution < -0.4 is 0 Å². The Balaban J connectivity index is 2.20. The Morgan fingerprint density at radius 2 is 1.61 bits per heavy atom. The SMILES string of the molecule is C=C(C)c1cccc(/C=C/c2ccc(C)cc2)c1. The highest BCUT2D eigenvalue weighted by molar-refractivity contribution is 5.72. The van der Waals surface area contributed by atoms with E-state index < -0.39 is 0 Å². The third-order valence-corrected chi connectivity index (χ3v) is 2.93. The fourth-order valence-corrected chi connectivity index (χ4v) is 1.78. The summed E-state index contributed by atoms with van der Waals surface area (Å²) in [6.07, 6.45) is 4.27. The summed E-state index contributed by atoms with van der Waals surface area (Å²) in [5, 5.41) is 0. The van der Waals surface area contributed by atoms with Gasteiger partial charge in [-0.05, 0) is 36.6 Å². The number of benzene rings is 2. The molecular weight excluding hydrogens is 216 g/mol. The summed E-state index contributed by atoms with van der Waals surface area (Å²) in [4.78, 5) is 0. The molecule has 0 N–H and O–H groups in total. The highest BCUT2D eigenvalue weighted by atomic mass is 14.0. The average molecular weight is 234 g/mol. The zero-order valence-corrected chi connectivity index (χ0v) is 11.0. The van der Waals surface area contributed by atoms with Crippen LogP contribution in [-0.2, 0) is 0 Å². The fraction of sp³-hybridized carbons (Fsp3) is 0.111. The molecule has 0 fully saturated rings. The molecule has 0 amide bonds. The van der Waals surface area contributed by atoms with Crippen LogP contribution in [0.3, 0.4) is 0 Å². The average Bonchev–Trinajstić information content (AvgIpc) is 2.38. The van der Waals surface area contributed by atoms with Gasteiger partial charge in [-0.25, -0.2) is 0 Å². The highest BCUT2D eigenvalue weighted by Gasteiger charge is 1.93. The predicted octanol–water partition coefficient (Wildman–Crippen LogP) is 5.20. The largest absolute Gasteiger partial charge is 0.0955 e. The number of aryl methyl sites for hydroxylation is 1. The Morgan fingerprint density at radius 1 is 0.944 bits per heavy atom. The van der Waals surface area contributed by atoms with E-state index in [1.807, 2.05) is 6.92 Å². The molecule has 0 atom stereocenters. The molecule has 0 aliphatic carbocycles. The smallest absolute Gasteiger partial charge is 0.0227 e. The van der Waals surface area contributed by atoms with Crippen molar-refractivity contribution in [2.75, 3.05) is 0 Å². The van der Waals surface area contributed by atoms with Crippen LogP contribution in [0.1, 0.15) is 29.2 Å². The topological polar surface area (TPSA) is 0 Å². The van der Waals surface area contributed by atoms with Gasteiger partial charge in [-0.2, -0.15) is 0 Å². The predicted molar refractivity (Wildman–Crippen MR) is 81.3 cm³/mol. The van der Waals surface area contributed by atoms with E-state index in [0.717, 1.165) is 5.57 Å². The third kappa shape index (κ3) is 3.21. The molecule has 0 bridgehead atoms. The molecule has 0 saturated heterocycles. The minimum Gasteiger partial charge on any atom is -0.0955 e. The second-order valence-corrected chi connectivity index (χ2v) is 4.65. The minimum atomic E-state index is 1.10. The van der Waals surface area contributed by atoms with Crippen LogP contribution in [-0.4, -0.2) is 0 Å². The van der Waals surface area contributed by atoms with Crippen molar-refractivity contribution in [3.63, 3.8) is 0 Å². The molecule has 2 aromatic rings. The van der Waals surface area contributed by atoms with Crippen LogP contribution >= 0.6 is 0 Å². The number of rotatable bonds is 3. The maximum absolute atomic E-state index is 3.97. The first-order chi connectivity index (χ1) is 8.65. The monoisotopic (exact) mass is 234 g/mol. The highest BCUT2D eigenvalue weighted by Crippen LogP contribution is 2.15. The summed E-state index contributed by atoms with van der Waals surface area (Å²) < 4.78 is 0. The number of hydrogen-bond donors (Lipinski definition) is 0. The third-order valence-electron chi connectivity index (χ3n) is 2.93. The molecular formula is C18H18. The number of allylic oxidation sites excluding steroid dienone is 1. The lowest BCUT2D eigenvalue weighted by molar-refractivity contribution is 1.46. The van der Waals surface area contributed by atoms with E-state index in [0.29, 0.717) is 0 Å². The first-order valence-corrected chi connectivity index (χ1v) is 6.16. The van der Waals surface area contributed by atoms with E-state index in [1.165, 1.54) is 22.3 Å². The van der Waals surface area contributed by atoms with Crippen molar-refractivity contribution in [2.24, 2.45) is 0 Å². The first kappa shape index (κ1) is 12.4. The summed E-state index contributed by atoms with van der Waals surface area (Å²) in [5.41, 5.74) is 6.01. The normalized spacial score (nSPS) is 10.8. The summed E-state index contributed by atoms with van der Waals surface area (Å²) >= 11 is 0. The van der Waals surface area contributed by atoms with Crippen molar-refractivity contribution >= 4 is 17.7 Å². The fourth-order valence-electron chi connectivity index (χ4n) is 1.78. The van der Waals surface area contributed by atoms with Gasteiger partial charge in [-0.15, -0.1) is 0 Å². The minimum absolute atomic E-state index is 1.10. The van der Waals surface area contributed by atoms with Crippen LogP contribution in [0.2, 0.25) is 0 Å². The van der Waals surface area contributed by atoms with Gasteiger partial charge in [-0.1, -0.05) is 72.3 Å². The molecule has 0 saturated carbocycles. The molecule has 2 rings (SSSR count).